The zero-order valence-corrected chi connectivity index (χ0v) is 8.32. The number of carbonyl (C=O) groups excluding carboxylic acids is 1. The van der Waals surface area contributed by atoms with E-state index >= 15 is 0 Å². The van der Waals surface area contributed by atoms with E-state index in [4.69, 9.17) is 5.11 Å². The maximum Gasteiger partial charge on any atom is 0.323 e. The van der Waals surface area contributed by atoms with Gasteiger partial charge in [0.15, 0.2) is 0 Å². The van der Waals surface area contributed by atoms with Crippen LogP contribution in [0.25, 0.3) is 0 Å². The lowest BCUT2D eigenvalue weighted by atomic mass is 10.2. The van der Waals surface area contributed by atoms with Crippen LogP contribution in [0.4, 0.5) is 0 Å². The van der Waals surface area contributed by atoms with Crippen molar-refractivity contribution >= 4 is 28.8 Å². The van der Waals surface area contributed by atoms with Gasteiger partial charge in [0.05, 0.1) is 13.2 Å². The van der Waals surface area contributed by atoms with Crippen LogP contribution >= 0.6 is 22.9 Å². The van der Waals surface area contributed by atoms with Gasteiger partial charge in [-0.25, -0.2) is 3.11 Å². The van der Waals surface area contributed by atoms with Crippen molar-refractivity contribution in [1.82, 2.24) is 3.11 Å². The Morgan fingerprint density at radius 2 is 2.45 bits per heavy atom. The van der Waals surface area contributed by atoms with E-state index in [9.17, 15) is 4.79 Å². The quantitative estimate of drug-likeness (QED) is 0.412. The Hall–Kier alpha value is 0.120. The first-order valence-corrected chi connectivity index (χ1v) is 4.30. The largest absolute Gasteiger partial charge is 0.468 e. The van der Waals surface area contributed by atoms with E-state index in [1.54, 1.807) is 3.11 Å². The highest BCUT2D eigenvalue weighted by molar-refractivity contribution is 14.1. The molecule has 0 aromatic carbocycles. The van der Waals surface area contributed by atoms with Crippen LogP contribution in [0.1, 0.15) is 6.42 Å². The van der Waals surface area contributed by atoms with Crippen LogP contribution in [0.15, 0.2) is 0 Å². The third kappa shape index (κ3) is 2.03. The fraction of sp³-hybridized carbons (Fsp3) is 0.833. The fourth-order valence-corrected chi connectivity index (χ4v) is 2.03. The molecule has 11 heavy (non-hydrogen) atoms. The van der Waals surface area contributed by atoms with Crippen LogP contribution in [0, 0.1) is 0 Å². The molecule has 0 amide bonds. The lowest BCUT2D eigenvalue weighted by Crippen LogP contribution is -2.29. The average molecular weight is 271 g/mol. The molecular weight excluding hydrogens is 261 g/mol. The van der Waals surface area contributed by atoms with E-state index in [-0.39, 0.29) is 12.0 Å². The molecule has 0 saturated carbocycles. The van der Waals surface area contributed by atoms with Crippen molar-refractivity contribution in [3.05, 3.63) is 0 Å². The Kier molecular flexibility index (Phi) is 3.08. The average Bonchev–Trinajstić information content (AvgIpc) is 2.28. The Morgan fingerprint density at radius 1 is 1.82 bits per heavy atom. The van der Waals surface area contributed by atoms with Gasteiger partial charge >= 0.3 is 5.97 Å². The molecule has 1 saturated heterocycles. The second-order valence-corrected chi connectivity index (χ2v) is 3.75. The van der Waals surface area contributed by atoms with Gasteiger partial charge in [-0.2, -0.15) is 0 Å². The van der Waals surface area contributed by atoms with Crippen LogP contribution in [-0.4, -0.2) is 40.0 Å². The van der Waals surface area contributed by atoms with Crippen molar-refractivity contribution in [3.63, 3.8) is 0 Å². The molecule has 2 unspecified atom stereocenters. The molecule has 0 aromatic rings. The van der Waals surface area contributed by atoms with E-state index in [0.717, 1.165) is 0 Å². The van der Waals surface area contributed by atoms with Gasteiger partial charge in [-0.3, -0.25) is 4.79 Å². The van der Waals surface area contributed by atoms with Crippen molar-refractivity contribution < 1.29 is 14.6 Å². The topological polar surface area (TPSA) is 49.8 Å². The van der Waals surface area contributed by atoms with Gasteiger partial charge in [0, 0.05) is 35.8 Å². The lowest BCUT2D eigenvalue weighted by molar-refractivity contribution is -0.144. The molecule has 1 fully saturated rings. The summed E-state index contributed by atoms with van der Waals surface area (Å²) in [7, 11) is 1.36. The van der Waals surface area contributed by atoms with Crippen molar-refractivity contribution in [2.75, 3.05) is 13.7 Å². The molecule has 0 aromatic heterocycles. The molecule has 64 valence electrons. The summed E-state index contributed by atoms with van der Waals surface area (Å²) in [6.07, 6.45) is 0.0892. The number of esters is 1. The summed E-state index contributed by atoms with van der Waals surface area (Å²) in [6.45, 7) is 0.542. The molecule has 2 atom stereocenters. The summed E-state index contributed by atoms with van der Waals surface area (Å²) >= 11 is 2.02. The van der Waals surface area contributed by atoms with Gasteiger partial charge in [0.25, 0.3) is 0 Å². The zero-order valence-electron chi connectivity index (χ0n) is 6.16. The summed E-state index contributed by atoms with van der Waals surface area (Å²) < 4.78 is 6.33. The van der Waals surface area contributed by atoms with Crippen molar-refractivity contribution in [2.24, 2.45) is 0 Å². The predicted molar refractivity (Wildman–Crippen MR) is 47.2 cm³/mol. The third-order valence-electron chi connectivity index (χ3n) is 1.69. The number of aliphatic hydroxyl groups is 1. The molecule has 1 rings (SSSR count). The van der Waals surface area contributed by atoms with E-state index in [1.165, 1.54) is 7.11 Å². The van der Waals surface area contributed by atoms with Gasteiger partial charge in [0.2, 0.25) is 0 Å². The van der Waals surface area contributed by atoms with Crippen LogP contribution < -0.4 is 0 Å². The zero-order chi connectivity index (χ0) is 8.43. The molecule has 0 radical (unpaired) electrons. The summed E-state index contributed by atoms with van der Waals surface area (Å²) in [5, 5.41) is 9.16. The monoisotopic (exact) mass is 271 g/mol. The van der Waals surface area contributed by atoms with Gasteiger partial charge in [0.1, 0.15) is 6.04 Å². The van der Waals surface area contributed by atoms with Crippen LogP contribution in [-0.2, 0) is 9.53 Å². The first kappa shape index (κ1) is 9.21. The van der Waals surface area contributed by atoms with Gasteiger partial charge in [-0.15, -0.1) is 0 Å². The maximum absolute atomic E-state index is 11.0. The SMILES string of the molecule is COC(=O)C1CC(O)CN1I. The molecule has 1 N–H and O–H groups in total. The number of β-amino-alcohol motifs (C(OH)–C–C–N with tert-alkyl or cyclic N) is 1. The van der Waals surface area contributed by atoms with Crippen molar-refractivity contribution in [2.45, 2.75) is 18.6 Å². The Morgan fingerprint density at radius 3 is 2.82 bits per heavy atom. The first-order valence-electron chi connectivity index (χ1n) is 3.33. The molecule has 0 aliphatic carbocycles. The summed E-state index contributed by atoms with van der Waals surface area (Å²) in [5.74, 6) is -0.268. The molecule has 5 heteroatoms. The summed E-state index contributed by atoms with van der Waals surface area (Å²) in [6, 6.07) is -0.268. The maximum atomic E-state index is 11.0. The van der Waals surface area contributed by atoms with Gasteiger partial charge in [-0.05, 0) is 0 Å². The molecular formula is C6H10INO3. The van der Waals surface area contributed by atoms with Crippen LogP contribution in [0.5, 0.6) is 0 Å². The van der Waals surface area contributed by atoms with Crippen molar-refractivity contribution in [1.29, 1.82) is 0 Å². The smallest absolute Gasteiger partial charge is 0.323 e. The van der Waals surface area contributed by atoms with Gasteiger partial charge < -0.3 is 9.84 Å². The number of carbonyl (C=O) groups is 1. The van der Waals surface area contributed by atoms with Crippen molar-refractivity contribution in [3.8, 4) is 0 Å². The number of methoxy groups -OCH3 is 1. The highest BCUT2D eigenvalue weighted by Gasteiger charge is 2.35. The van der Waals surface area contributed by atoms with Crippen LogP contribution in [0.2, 0.25) is 0 Å². The van der Waals surface area contributed by atoms with Crippen LogP contribution in [0.3, 0.4) is 0 Å². The Balaban J connectivity index is 2.52. The number of aliphatic hydroxyl groups excluding tert-OH is 1. The molecule has 1 heterocycles. The number of nitrogens with zero attached hydrogens (tertiary/aromatic N) is 1. The minimum atomic E-state index is -0.393. The van der Waals surface area contributed by atoms with Gasteiger partial charge in [-0.1, -0.05) is 0 Å². The molecule has 1 aliphatic rings. The number of rotatable bonds is 1. The van der Waals surface area contributed by atoms with E-state index in [1.807, 2.05) is 22.9 Å². The minimum absolute atomic E-state index is 0.268. The fourth-order valence-electron chi connectivity index (χ4n) is 1.12. The summed E-state index contributed by atoms with van der Waals surface area (Å²) in [4.78, 5) is 11.0. The Labute approximate surface area is 79.0 Å². The molecule has 4 nitrogen and oxygen atoms in total. The minimum Gasteiger partial charge on any atom is -0.468 e. The third-order valence-corrected chi connectivity index (χ3v) is 2.76. The normalized spacial score (nSPS) is 32.3. The summed E-state index contributed by atoms with van der Waals surface area (Å²) in [5.41, 5.74) is 0. The number of hydrogen-bond donors (Lipinski definition) is 1. The Bertz CT molecular complexity index is 164. The molecule has 0 spiro atoms. The standard InChI is InChI=1S/C6H10INO3/c1-11-6(10)5-2-4(9)3-8(5)7/h4-5,9H,2-3H2,1H3. The number of ether oxygens (including phenoxy) is 1. The number of hydrogen-bond acceptors (Lipinski definition) is 4. The number of halogens is 1. The predicted octanol–water partition coefficient (Wildman–Crippen LogP) is -0.0554. The first-order chi connectivity index (χ1) is 5.15. The lowest BCUT2D eigenvalue weighted by Gasteiger charge is -2.12. The molecule has 0 bridgehead atoms. The second kappa shape index (κ2) is 3.68. The highest BCUT2D eigenvalue weighted by Crippen LogP contribution is 2.22. The van der Waals surface area contributed by atoms with E-state index in [0.29, 0.717) is 13.0 Å². The van der Waals surface area contributed by atoms with E-state index in [2.05, 4.69) is 4.74 Å². The molecule has 1 aliphatic heterocycles. The second-order valence-electron chi connectivity index (χ2n) is 2.51. The highest BCUT2D eigenvalue weighted by atomic mass is 127. The van der Waals surface area contributed by atoms with E-state index < -0.39 is 6.10 Å².